The summed E-state index contributed by atoms with van der Waals surface area (Å²) in [5, 5.41) is 8.78. The Morgan fingerprint density at radius 2 is 1.90 bits per heavy atom. The summed E-state index contributed by atoms with van der Waals surface area (Å²) in [6, 6.07) is 4.96. The van der Waals surface area contributed by atoms with Crippen LogP contribution in [-0.4, -0.2) is 15.0 Å². The highest BCUT2D eigenvalue weighted by molar-refractivity contribution is 7.89. The van der Waals surface area contributed by atoms with E-state index in [9.17, 15) is 12.8 Å². The van der Waals surface area contributed by atoms with Crippen LogP contribution in [0.1, 0.15) is 31.2 Å². The van der Waals surface area contributed by atoms with E-state index in [0.29, 0.717) is 24.3 Å². The summed E-state index contributed by atoms with van der Waals surface area (Å²) >= 11 is 0. The first-order valence-electron chi connectivity index (χ1n) is 7.20. The van der Waals surface area contributed by atoms with Gasteiger partial charge in [-0.2, -0.15) is 5.26 Å². The Kier molecular flexibility index (Phi) is 3.72. The van der Waals surface area contributed by atoms with Crippen LogP contribution in [0.5, 0.6) is 0 Å². The zero-order valence-corrected chi connectivity index (χ0v) is 12.4. The predicted molar refractivity (Wildman–Crippen MR) is 75.2 cm³/mol. The first kappa shape index (κ1) is 14.5. The van der Waals surface area contributed by atoms with E-state index in [1.54, 1.807) is 6.07 Å². The molecule has 21 heavy (non-hydrogen) atoms. The van der Waals surface area contributed by atoms with Gasteiger partial charge in [-0.15, -0.1) is 0 Å². The van der Waals surface area contributed by atoms with Crippen molar-refractivity contribution < 1.29 is 12.8 Å². The van der Waals surface area contributed by atoms with Crippen molar-refractivity contribution in [2.75, 3.05) is 6.54 Å². The van der Waals surface area contributed by atoms with Gasteiger partial charge in [-0.25, -0.2) is 17.5 Å². The molecule has 0 spiro atoms. The molecule has 1 aromatic rings. The second-order valence-corrected chi connectivity index (χ2v) is 7.71. The summed E-state index contributed by atoms with van der Waals surface area (Å²) in [6.45, 7) is 0.441. The number of nitrogens with zero attached hydrogens (tertiary/aromatic N) is 1. The molecule has 0 radical (unpaired) electrons. The lowest BCUT2D eigenvalue weighted by atomic mass is 9.99. The van der Waals surface area contributed by atoms with Crippen LogP contribution in [0.15, 0.2) is 23.1 Å². The van der Waals surface area contributed by atoms with Gasteiger partial charge in [-0.05, 0) is 61.6 Å². The summed E-state index contributed by atoms with van der Waals surface area (Å²) in [5.41, 5.74) is -0.251. The van der Waals surface area contributed by atoms with Gasteiger partial charge >= 0.3 is 0 Å². The molecule has 112 valence electrons. The first-order valence-corrected chi connectivity index (χ1v) is 8.69. The largest absolute Gasteiger partial charge is 0.240 e. The van der Waals surface area contributed by atoms with Gasteiger partial charge in [0.05, 0.1) is 10.5 Å². The van der Waals surface area contributed by atoms with Crippen molar-refractivity contribution in [1.29, 1.82) is 5.26 Å². The number of nitriles is 1. The Labute approximate surface area is 124 Å². The fourth-order valence-corrected chi connectivity index (χ4v) is 3.91. The molecule has 1 N–H and O–H groups in total. The second-order valence-electron chi connectivity index (χ2n) is 5.94. The molecule has 0 amide bonds. The van der Waals surface area contributed by atoms with Crippen molar-refractivity contribution in [3.8, 4) is 6.07 Å². The van der Waals surface area contributed by atoms with Gasteiger partial charge < -0.3 is 0 Å². The van der Waals surface area contributed by atoms with E-state index in [-0.39, 0.29) is 10.5 Å². The monoisotopic (exact) mass is 308 g/mol. The van der Waals surface area contributed by atoms with Crippen LogP contribution in [0.3, 0.4) is 0 Å². The average molecular weight is 308 g/mol. The Bertz CT molecular complexity index is 676. The lowest BCUT2D eigenvalue weighted by molar-refractivity contribution is 0.401. The van der Waals surface area contributed by atoms with Crippen molar-refractivity contribution in [2.24, 2.45) is 17.8 Å². The van der Waals surface area contributed by atoms with Crippen molar-refractivity contribution in [1.82, 2.24) is 4.72 Å². The zero-order chi connectivity index (χ0) is 15.0. The lowest BCUT2D eigenvalue weighted by Gasteiger charge is -2.16. The van der Waals surface area contributed by atoms with E-state index in [1.807, 2.05) is 0 Å². The van der Waals surface area contributed by atoms with E-state index in [2.05, 4.69) is 4.72 Å². The maximum atomic E-state index is 13.3. The molecule has 2 aliphatic carbocycles. The maximum Gasteiger partial charge on any atom is 0.240 e. The molecular weight excluding hydrogens is 291 g/mol. The molecule has 3 rings (SSSR count). The molecule has 1 aromatic carbocycles. The van der Waals surface area contributed by atoms with Crippen LogP contribution in [0.2, 0.25) is 0 Å². The van der Waals surface area contributed by atoms with Crippen LogP contribution in [0.4, 0.5) is 4.39 Å². The maximum absolute atomic E-state index is 13.3. The van der Waals surface area contributed by atoms with Crippen molar-refractivity contribution in [3.05, 3.63) is 29.6 Å². The lowest BCUT2D eigenvalue weighted by Crippen LogP contribution is -2.31. The van der Waals surface area contributed by atoms with E-state index in [0.717, 1.165) is 12.1 Å². The van der Waals surface area contributed by atoms with E-state index in [1.165, 1.54) is 31.7 Å². The Morgan fingerprint density at radius 3 is 2.43 bits per heavy atom. The normalized spacial score (nSPS) is 18.7. The highest BCUT2D eigenvalue weighted by Gasteiger charge is 2.41. The SMILES string of the molecule is N#Cc1cc(S(=O)(=O)NCC(C2CC2)C2CC2)ccc1F. The first-order chi connectivity index (χ1) is 10.0. The highest BCUT2D eigenvalue weighted by Crippen LogP contribution is 2.48. The highest BCUT2D eigenvalue weighted by atomic mass is 32.2. The van der Waals surface area contributed by atoms with Gasteiger partial charge in [0, 0.05) is 6.54 Å². The van der Waals surface area contributed by atoms with E-state index < -0.39 is 15.8 Å². The van der Waals surface area contributed by atoms with Crippen LogP contribution in [0.25, 0.3) is 0 Å². The smallest absolute Gasteiger partial charge is 0.211 e. The molecule has 6 heteroatoms. The second kappa shape index (κ2) is 5.39. The molecule has 0 aromatic heterocycles. The molecule has 0 unspecified atom stereocenters. The summed E-state index contributed by atoms with van der Waals surface area (Å²) in [5.74, 6) is 1.03. The molecule has 0 aliphatic heterocycles. The number of hydrogen-bond donors (Lipinski definition) is 1. The third-order valence-corrected chi connectivity index (χ3v) is 5.75. The number of rotatable bonds is 6. The zero-order valence-electron chi connectivity index (χ0n) is 11.5. The molecule has 2 fully saturated rings. The molecule has 4 nitrogen and oxygen atoms in total. The fourth-order valence-electron chi connectivity index (χ4n) is 2.81. The topological polar surface area (TPSA) is 70.0 Å². The van der Waals surface area contributed by atoms with Crippen LogP contribution < -0.4 is 4.72 Å². The molecule has 0 saturated heterocycles. The molecule has 0 bridgehead atoms. The number of sulfonamides is 1. The van der Waals surface area contributed by atoms with E-state index >= 15 is 0 Å². The van der Waals surface area contributed by atoms with Gasteiger partial charge in [-0.3, -0.25) is 0 Å². The van der Waals surface area contributed by atoms with Gasteiger partial charge in [-0.1, -0.05) is 0 Å². The van der Waals surface area contributed by atoms with Crippen LogP contribution in [-0.2, 0) is 10.0 Å². The number of halogens is 1. The van der Waals surface area contributed by atoms with Crippen LogP contribution in [0, 0.1) is 34.9 Å². The summed E-state index contributed by atoms with van der Waals surface area (Å²) in [7, 11) is -3.68. The van der Waals surface area contributed by atoms with E-state index in [4.69, 9.17) is 5.26 Å². The number of hydrogen-bond acceptors (Lipinski definition) is 3. The molecule has 0 atom stereocenters. The minimum Gasteiger partial charge on any atom is -0.211 e. The van der Waals surface area contributed by atoms with Gasteiger partial charge in [0.15, 0.2) is 0 Å². The summed E-state index contributed by atoms with van der Waals surface area (Å²) in [6.07, 6.45) is 4.77. The minimum atomic E-state index is -3.68. The van der Waals surface area contributed by atoms with Gasteiger partial charge in [0.1, 0.15) is 11.9 Å². The standard InChI is InChI=1S/C15H17FN2O2S/c16-15-6-5-13(7-12(15)8-17)21(19,20)18-9-14(10-1-2-10)11-3-4-11/h5-7,10-11,14,18H,1-4,9H2. The predicted octanol–water partition coefficient (Wildman–Crippen LogP) is 2.41. The third kappa shape index (κ3) is 3.25. The van der Waals surface area contributed by atoms with Gasteiger partial charge in [0.25, 0.3) is 0 Å². The van der Waals surface area contributed by atoms with Crippen LogP contribution >= 0.6 is 0 Å². The summed E-state index contributed by atoms with van der Waals surface area (Å²) < 4.78 is 40.4. The molecule has 0 heterocycles. The molecular formula is C15H17FN2O2S. The molecule has 2 aliphatic rings. The fraction of sp³-hybridized carbons (Fsp3) is 0.533. The van der Waals surface area contributed by atoms with Crippen molar-refractivity contribution in [3.63, 3.8) is 0 Å². The number of nitrogens with one attached hydrogen (secondary N) is 1. The third-order valence-electron chi connectivity index (χ3n) is 4.33. The number of benzene rings is 1. The Balaban J connectivity index is 1.72. The van der Waals surface area contributed by atoms with Crippen molar-refractivity contribution >= 4 is 10.0 Å². The minimum absolute atomic E-state index is 0.0502. The molecule has 2 saturated carbocycles. The average Bonchev–Trinajstić information content (AvgIpc) is 3.33. The van der Waals surface area contributed by atoms with Crippen molar-refractivity contribution in [2.45, 2.75) is 30.6 Å². The quantitative estimate of drug-likeness (QED) is 0.877. The summed E-state index contributed by atoms with van der Waals surface area (Å²) in [4.78, 5) is -0.0502. The Morgan fingerprint density at radius 1 is 1.29 bits per heavy atom. The van der Waals surface area contributed by atoms with Gasteiger partial charge in [0.2, 0.25) is 10.0 Å². The Hall–Kier alpha value is -1.45.